The molecule has 2 aromatic rings. The predicted octanol–water partition coefficient (Wildman–Crippen LogP) is 4.33. The first-order chi connectivity index (χ1) is 8.29. The van der Waals surface area contributed by atoms with Crippen LogP contribution in [0, 0.1) is 5.82 Å². The summed E-state index contributed by atoms with van der Waals surface area (Å²) in [5.41, 5.74) is -0.399. The largest absolute Gasteiger partial charge is 0.443 e. The van der Waals surface area contributed by atoms with Crippen LogP contribution in [-0.2, 0) is 4.74 Å². The monoisotopic (exact) mass is 313 g/mol. The van der Waals surface area contributed by atoms with E-state index in [-0.39, 0.29) is 5.52 Å². The van der Waals surface area contributed by atoms with Gasteiger partial charge in [-0.05, 0) is 42.8 Å². The van der Waals surface area contributed by atoms with Crippen LogP contribution in [0.15, 0.2) is 28.9 Å². The van der Waals surface area contributed by atoms with Crippen molar-refractivity contribution in [3.05, 3.63) is 34.7 Å². The number of aromatic nitrogens is 1. The number of hydrogen-bond donors (Lipinski definition) is 0. The average Bonchev–Trinajstić information content (AvgIpc) is 2.56. The number of fused-ring (bicyclic) bond motifs is 1. The Kier molecular flexibility index (Phi) is 3.19. The van der Waals surface area contributed by atoms with Gasteiger partial charge < -0.3 is 4.74 Å². The van der Waals surface area contributed by atoms with E-state index in [1.807, 2.05) is 0 Å². The number of hydrogen-bond acceptors (Lipinski definition) is 2. The third kappa shape index (κ3) is 2.41. The summed E-state index contributed by atoms with van der Waals surface area (Å²) in [6.45, 7) is 5.30. The summed E-state index contributed by atoms with van der Waals surface area (Å²) in [5.74, 6) is -0.455. The highest BCUT2D eigenvalue weighted by Gasteiger charge is 2.21. The van der Waals surface area contributed by atoms with Crippen molar-refractivity contribution in [3.63, 3.8) is 0 Å². The summed E-state index contributed by atoms with van der Waals surface area (Å²) in [6, 6.07) is 4.65. The number of carbonyl (C=O) groups excluding carboxylic acids is 1. The minimum atomic E-state index is -0.620. The maximum absolute atomic E-state index is 13.8. The van der Waals surface area contributed by atoms with Crippen molar-refractivity contribution in [2.24, 2.45) is 0 Å². The lowest BCUT2D eigenvalue weighted by Gasteiger charge is -2.19. The van der Waals surface area contributed by atoms with Crippen LogP contribution >= 0.6 is 15.9 Å². The standard InChI is InChI=1S/C13H13BrFNO2/c1-13(2,3)18-12(17)16-7-9(14)8-5-4-6-10(15)11(8)16/h4-7H,1-3H3. The van der Waals surface area contributed by atoms with Crippen molar-refractivity contribution in [2.75, 3.05) is 0 Å². The van der Waals surface area contributed by atoms with Gasteiger partial charge in [0, 0.05) is 16.1 Å². The van der Waals surface area contributed by atoms with E-state index in [0.29, 0.717) is 9.86 Å². The van der Waals surface area contributed by atoms with Crippen LogP contribution in [0.3, 0.4) is 0 Å². The Morgan fingerprint density at radius 3 is 2.67 bits per heavy atom. The normalized spacial score (nSPS) is 11.8. The second kappa shape index (κ2) is 4.39. The molecule has 1 aromatic carbocycles. The molecule has 0 fully saturated rings. The molecular weight excluding hydrogens is 301 g/mol. The highest BCUT2D eigenvalue weighted by Crippen LogP contribution is 2.28. The summed E-state index contributed by atoms with van der Waals surface area (Å²) < 4.78 is 20.9. The van der Waals surface area contributed by atoms with E-state index in [1.165, 1.54) is 16.8 Å². The SMILES string of the molecule is CC(C)(C)OC(=O)n1cc(Br)c2cccc(F)c21. The van der Waals surface area contributed by atoms with Gasteiger partial charge >= 0.3 is 6.09 Å². The van der Waals surface area contributed by atoms with Crippen molar-refractivity contribution in [1.29, 1.82) is 0 Å². The Morgan fingerprint density at radius 2 is 2.06 bits per heavy atom. The van der Waals surface area contributed by atoms with Gasteiger partial charge in [0.1, 0.15) is 11.4 Å². The molecule has 2 rings (SSSR count). The molecule has 96 valence electrons. The van der Waals surface area contributed by atoms with Crippen LogP contribution in [0.1, 0.15) is 20.8 Å². The molecule has 0 N–H and O–H groups in total. The molecule has 1 heterocycles. The number of ether oxygens (including phenoxy) is 1. The van der Waals surface area contributed by atoms with E-state index < -0.39 is 17.5 Å². The molecule has 0 saturated carbocycles. The molecule has 5 heteroatoms. The first-order valence-corrected chi connectivity index (χ1v) is 6.27. The first-order valence-electron chi connectivity index (χ1n) is 5.48. The fourth-order valence-corrected chi connectivity index (χ4v) is 2.18. The molecule has 0 bridgehead atoms. The van der Waals surface area contributed by atoms with Gasteiger partial charge in [0.15, 0.2) is 0 Å². The Bertz CT molecular complexity index is 613. The molecular formula is C13H13BrFNO2. The van der Waals surface area contributed by atoms with Crippen molar-refractivity contribution in [1.82, 2.24) is 4.57 Å². The Morgan fingerprint density at radius 1 is 1.39 bits per heavy atom. The second-order valence-electron chi connectivity index (χ2n) is 4.96. The quantitative estimate of drug-likeness (QED) is 0.725. The van der Waals surface area contributed by atoms with Gasteiger partial charge in [-0.15, -0.1) is 0 Å². The van der Waals surface area contributed by atoms with Gasteiger partial charge in [-0.3, -0.25) is 0 Å². The number of halogens is 2. The number of nitrogens with zero attached hydrogens (tertiary/aromatic N) is 1. The maximum Gasteiger partial charge on any atom is 0.419 e. The second-order valence-corrected chi connectivity index (χ2v) is 5.82. The minimum Gasteiger partial charge on any atom is -0.443 e. The number of para-hydroxylation sites is 1. The predicted molar refractivity (Wildman–Crippen MR) is 71.2 cm³/mol. The Labute approximate surface area is 113 Å². The molecule has 0 amide bonds. The highest BCUT2D eigenvalue weighted by molar-refractivity contribution is 9.10. The number of benzene rings is 1. The van der Waals surface area contributed by atoms with Crippen molar-refractivity contribution < 1.29 is 13.9 Å². The van der Waals surface area contributed by atoms with Crippen molar-refractivity contribution in [2.45, 2.75) is 26.4 Å². The summed E-state index contributed by atoms with van der Waals surface area (Å²) >= 11 is 3.30. The van der Waals surface area contributed by atoms with Crippen LogP contribution in [0.5, 0.6) is 0 Å². The molecule has 0 aliphatic heterocycles. The van der Waals surface area contributed by atoms with E-state index in [9.17, 15) is 9.18 Å². The molecule has 0 radical (unpaired) electrons. The van der Waals surface area contributed by atoms with Gasteiger partial charge in [-0.2, -0.15) is 0 Å². The van der Waals surface area contributed by atoms with E-state index in [1.54, 1.807) is 32.9 Å². The molecule has 0 atom stereocenters. The van der Waals surface area contributed by atoms with Gasteiger partial charge in [0.05, 0.1) is 5.52 Å². The third-order valence-corrected chi connectivity index (χ3v) is 2.95. The summed E-state index contributed by atoms with van der Waals surface area (Å²) in [5, 5.41) is 0.640. The van der Waals surface area contributed by atoms with Crippen molar-refractivity contribution >= 4 is 32.9 Å². The first kappa shape index (κ1) is 13.1. The van der Waals surface area contributed by atoms with Crippen LogP contribution in [-0.4, -0.2) is 16.3 Å². The topological polar surface area (TPSA) is 31.2 Å². The third-order valence-electron chi connectivity index (χ3n) is 2.32. The van der Waals surface area contributed by atoms with E-state index in [4.69, 9.17) is 4.74 Å². The van der Waals surface area contributed by atoms with Gasteiger partial charge in [0.25, 0.3) is 0 Å². The van der Waals surface area contributed by atoms with Gasteiger partial charge in [-0.25, -0.2) is 13.8 Å². The molecule has 0 aliphatic rings. The zero-order valence-corrected chi connectivity index (χ0v) is 11.9. The van der Waals surface area contributed by atoms with Crippen LogP contribution in [0.2, 0.25) is 0 Å². The molecule has 1 aromatic heterocycles. The summed E-state index contributed by atoms with van der Waals surface area (Å²) in [7, 11) is 0. The molecule has 3 nitrogen and oxygen atoms in total. The summed E-state index contributed by atoms with van der Waals surface area (Å²) in [4.78, 5) is 12.0. The zero-order valence-electron chi connectivity index (χ0n) is 10.3. The molecule has 0 saturated heterocycles. The number of rotatable bonds is 0. The smallest absolute Gasteiger partial charge is 0.419 e. The highest BCUT2D eigenvalue weighted by atomic mass is 79.9. The minimum absolute atomic E-state index is 0.221. The molecule has 0 unspecified atom stereocenters. The fraction of sp³-hybridized carbons (Fsp3) is 0.308. The van der Waals surface area contributed by atoms with Crippen LogP contribution in [0.4, 0.5) is 9.18 Å². The Balaban J connectivity index is 2.55. The van der Waals surface area contributed by atoms with E-state index in [0.717, 1.165) is 0 Å². The molecule has 0 spiro atoms. The summed E-state index contributed by atoms with van der Waals surface area (Å²) in [6.07, 6.45) is 0.922. The number of carbonyl (C=O) groups is 1. The fourth-order valence-electron chi connectivity index (χ4n) is 1.66. The Hall–Kier alpha value is -1.36. The average molecular weight is 314 g/mol. The molecule has 18 heavy (non-hydrogen) atoms. The lowest BCUT2D eigenvalue weighted by Crippen LogP contribution is -2.26. The molecule has 0 aliphatic carbocycles. The van der Waals surface area contributed by atoms with Crippen molar-refractivity contribution in [3.8, 4) is 0 Å². The van der Waals surface area contributed by atoms with Gasteiger partial charge in [-0.1, -0.05) is 12.1 Å². The van der Waals surface area contributed by atoms with E-state index >= 15 is 0 Å². The maximum atomic E-state index is 13.8. The lowest BCUT2D eigenvalue weighted by molar-refractivity contribution is 0.0543. The zero-order chi connectivity index (χ0) is 13.5. The van der Waals surface area contributed by atoms with Crippen LogP contribution in [0.25, 0.3) is 10.9 Å². The van der Waals surface area contributed by atoms with E-state index in [2.05, 4.69) is 15.9 Å². The van der Waals surface area contributed by atoms with Gasteiger partial charge in [0.2, 0.25) is 0 Å². The lowest BCUT2D eigenvalue weighted by atomic mass is 10.2. The van der Waals surface area contributed by atoms with Crippen LogP contribution < -0.4 is 0 Å².